The van der Waals surface area contributed by atoms with Gasteiger partial charge in [0.15, 0.2) is 0 Å². The van der Waals surface area contributed by atoms with E-state index in [2.05, 4.69) is 15.9 Å². The SMILES string of the molecule is COc1ccc(/C=C2/SC(=O)N(CC(=O)N3CCOCC3)C2=O)cc1Br. The highest BCUT2D eigenvalue weighted by molar-refractivity contribution is 9.10. The van der Waals surface area contributed by atoms with Crippen molar-refractivity contribution in [3.63, 3.8) is 0 Å². The molecule has 0 radical (unpaired) electrons. The number of methoxy groups -OCH3 is 1. The lowest BCUT2D eigenvalue weighted by molar-refractivity contribution is -0.139. The minimum atomic E-state index is -0.450. The zero-order chi connectivity index (χ0) is 18.7. The molecule has 2 aliphatic heterocycles. The van der Waals surface area contributed by atoms with Crippen LogP contribution in [0.15, 0.2) is 27.6 Å². The average Bonchev–Trinajstić information content (AvgIpc) is 2.90. The maximum absolute atomic E-state index is 12.5. The molecule has 0 aliphatic carbocycles. The van der Waals surface area contributed by atoms with Crippen LogP contribution in [-0.2, 0) is 14.3 Å². The molecule has 7 nitrogen and oxygen atoms in total. The quantitative estimate of drug-likeness (QED) is 0.668. The van der Waals surface area contributed by atoms with Gasteiger partial charge in [0, 0.05) is 13.1 Å². The van der Waals surface area contributed by atoms with Crippen molar-refractivity contribution < 1.29 is 23.9 Å². The standard InChI is InChI=1S/C17H17BrN2O5S/c1-24-13-3-2-11(8-12(13)18)9-14-16(22)20(17(23)26-14)10-15(21)19-4-6-25-7-5-19/h2-3,8-9H,4-7,10H2,1H3/b14-9+. The number of morpholine rings is 1. The third-order valence-corrected chi connectivity index (χ3v) is 5.53. The second-order valence-electron chi connectivity index (χ2n) is 5.65. The number of nitrogens with zero attached hydrogens (tertiary/aromatic N) is 2. The highest BCUT2D eigenvalue weighted by atomic mass is 79.9. The van der Waals surface area contributed by atoms with Crippen molar-refractivity contribution >= 4 is 50.8 Å². The third-order valence-electron chi connectivity index (χ3n) is 4.00. The molecule has 26 heavy (non-hydrogen) atoms. The Bertz CT molecular complexity index is 776. The van der Waals surface area contributed by atoms with Gasteiger partial charge in [-0.3, -0.25) is 19.3 Å². The van der Waals surface area contributed by atoms with E-state index in [4.69, 9.17) is 9.47 Å². The lowest BCUT2D eigenvalue weighted by Gasteiger charge is -2.28. The fourth-order valence-electron chi connectivity index (χ4n) is 2.61. The maximum atomic E-state index is 12.5. The second kappa shape index (κ2) is 8.24. The number of rotatable bonds is 4. The van der Waals surface area contributed by atoms with Gasteiger partial charge in [-0.2, -0.15) is 0 Å². The number of hydrogen-bond acceptors (Lipinski definition) is 6. The predicted octanol–water partition coefficient (Wildman–Crippen LogP) is 2.35. The molecule has 9 heteroatoms. The van der Waals surface area contributed by atoms with Crippen LogP contribution in [0.2, 0.25) is 0 Å². The molecule has 0 atom stereocenters. The average molecular weight is 441 g/mol. The van der Waals surface area contributed by atoms with E-state index in [1.165, 1.54) is 0 Å². The van der Waals surface area contributed by atoms with Gasteiger partial charge in [0.2, 0.25) is 5.91 Å². The van der Waals surface area contributed by atoms with E-state index in [0.29, 0.717) is 37.0 Å². The molecule has 2 saturated heterocycles. The summed E-state index contributed by atoms with van der Waals surface area (Å²) < 4.78 is 11.1. The van der Waals surface area contributed by atoms with Crippen LogP contribution < -0.4 is 4.74 Å². The first-order chi connectivity index (χ1) is 12.5. The lowest BCUT2D eigenvalue weighted by atomic mass is 10.2. The highest BCUT2D eigenvalue weighted by Crippen LogP contribution is 2.33. The number of ether oxygens (including phenoxy) is 2. The van der Waals surface area contributed by atoms with Crippen LogP contribution in [-0.4, -0.2) is 66.8 Å². The molecule has 3 rings (SSSR count). The van der Waals surface area contributed by atoms with E-state index in [9.17, 15) is 14.4 Å². The van der Waals surface area contributed by atoms with Gasteiger partial charge >= 0.3 is 0 Å². The Morgan fingerprint density at radius 2 is 2.08 bits per heavy atom. The molecule has 0 saturated carbocycles. The Morgan fingerprint density at radius 3 is 2.73 bits per heavy atom. The van der Waals surface area contributed by atoms with Crippen molar-refractivity contribution in [3.8, 4) is 5.75 Å². The first-order valence-electron chi connectivity index (χ1n) is 7.94. The summed E-state index contributed by atoms with van der Waals surface area (Å²) >= 11 is 4.23. The number of carbonyl (C=O) groups is 3. The number of thioether (sulfide) groups is 1. The number of hydrogen-bond donors (Lipinski definition) is 0. The van der Waals surface area contributed by atoms with Crippen LogP contribution in [0, 0.1) is 0 Å². The predicted molar refractivity (Wildman–Crippen MR) is 101 cm³/mol. The molecular weight excluding hydrogens is 424 g/mol. The topological polar surface area (TPSA) is 76.2 Å². The van der Waals surface area contributed by atoms with Crippen LogP contribution in [0.25, 0.3) is 6.08 Å². The third kappa shape index (κ3) is 4.11. The molecule has 0 N–H and O–H groups in total. The van der Waals surface area contributed by atoms with Crippen molar-refractivity contribution in [2.45, 2.75) is 0 Å². The van der Waals surface area contributed by atoms with Crippen LogP contribution in [0.4, 0.5) is 4.79 Å². The molecular formula is C17H17BrN2O5S. The Hall–Kier alpha value is -1.84. The summed E-state index contributed by atoms with van der Waals surface area (Å²) in [5.41, 5.74) is 0.752. The molecule has 0 unspecified atom stereocenters. The van der Waals surface area contributed by atoms with E-state index < -0.39 is 11.1 Å². The van der Waals surface area contributed by atoms with E-state index >= 15 is 0 Å². The summed E-state index contributed by atoms with van der Waals surface area (Å²) in [6, 6.07) is 5.35. The first kappa shape index (κ1) is 18.9. The fraction of sp³-hybridized carbons (Fsp3) is 0.353. The summed E-state index contributed by atoms with van der Waals surface area (Å²) in [4.78, 5) is 39.9. The summed E-state index contributed by atoms with van der Waals surface area (Å²) in [5, 5.41) is -0.435. The van der Waals surface area contributed by atoms with E-state index in [-0.39, 0.29) is 12.5 Å². The van der Waals surface area contributed by atoms with Gasteiger partial charge in [0.05, 0.1) is 29.7 Å². The van der Waals surface area contributed by atoms with Crippen molar-refractivity contribution in [1.82, 2.24) is 9.80 Å². The zero-order valence-electron chi connectivity index (χ0n) is 14.1. The number of imide groups is 1. The number of amides is 3. The molecule has 2 aliphatic rings. The van der Waals surface area contributed by atoms with Crippen molar-refractivity contribution in [2.75, 3.05) is 40.0 Å². The van der Waals surface area contributed by atoms with Gasteiger partial charge in [-0.15, -0.1) is 0 Å². The van der Waals surface area contributed by atoms with Crippen LogP contribution in [0.5, 0.6) is 5.75 Å². The largest absolute Gasteiger partial charge is 0.496 e. The molecule has 138 valence electrons. The Balaban J connectivity index is 1.71. The molecule has 0 bridgehead atoms. The van der Waals surface area contributed by atoms with Crippen LogP contribution in [0.1, 0.15) is 5.56 Å². The lowest BCUT2D eigenvalue weighted by Crippen LogP contribution is -2.46. The second-order valence-corrected chi connectivity index (χ2v) is 7.50. The van der Waals surface area contributed by atoms with Gasteiger partial charge in [0.1, 0.15) is 12.3 Å². The minimum absolute atomic E-state index is 0.242. The van der Waals surface area contributed by atoms with Gasteiger partial charge < -0.3 is 14.4 Å². The summed E-state index contributed by atoms with van der Waals surface area (Å²) in [5.74, 6) is -0.0241. The Labute approximate surface area is 163 Å². The minimum Gasteiger partial charge on any atom is -0.496 e. The van der Waals surface area contributed by atoms with Crippen molar-refractivity contribution in [1.29, 1.82) is 0 Å². The molecule has 2 heterocycles. The highest BCUT2D eigenvalue weighted by Gasteiger charge is 2.37. The van der Waals surface area contributed by atoms with Crippen molar-refractivity contribution in [2.24, 2.45) is 0 Å². The van der Waals surface area contributed by atoms with Gasteiger partial charge in [-0.25, -0.2) is 0 Å². The van der Waals surface area contributed by atoms with Crippen LogP contribution >= 0.6 is 27.7 Å². The van der Waals surface area contributed by atoms with E-state index in [1.54, 1.807) is 36.3 Å². The normalized spacial score (nSPS) is 19.4. The molecule has 1 aromatic rings. The Morgan fingerprint density at radius 1 is 1.35 bits per heavy atom. The zero-order valence-corrected chi connectivity index (χ0v) is 16.5. The summed E-state index contributed by atoms with van der Waals surface area (Å²) in [6.45, 7) is 1.66. The molecule has 0 aromatic heterocycles. The Kier molecular flexibility index (Phi) is 6.00. The first-order valence-corrected chi connectivity index (χ1v) is 9.55. The molecule has 1 aromatic carbocycles. The number of carbonyl (C=O) groups excluding carboxylic acids is 3. The summed E-state index contributed by atoms with van der Waals surface area (Å²) in [7, 11) is 1.57. The molecule has 3 amide bonds. The van der Waals surface area contributed by atoms with Gasteiger partial charge in [-0.1, -0.05) is 6.07 Å². The molecule has 0 spiro atoms. The monoisotopic (exact) mass is 440 g/mol. The molecule has 2 fully saturated rings. The van der Waals surface area contributed by atoms with Gasteiger partial charge in [0.25, 0.3) is 11.1 Å². The van der Waals surface area contributed by atoms with Crippen LogP contribution in [0.3, 0.4) is 0 Å². The van der Waals surface area contributed by atoms with E-state index in [1.807, 2.05) is 0 Å². The van der Waals surface area contributed by atoms with E-state index in [0.717, 1.165) is 26.7 Å². The fourth-order valence-corrected chi connectivity index (χ4v) is 4.00. The van der Waals surface area contributed by atoms with Crippen molar-refractivity contribution in [3.05, 3.63) is 33.1 Å². The van der Waals surface area contributed by atoms with Gasteiger partial charge in [-0.05, 0) is 51.5 Å². The summed E-state index contributed by atoms with van der Waals surface area (Å²) in [6.07, 6.45) is 1.63. The smallest absolute Gasteiger partial charge is 0.294 e. The maximum Gasteiger partial charge on any atom is 0.294 e. The number of halogens is 1. The number of benzene rings is 1.